The average molecular weight is 272 g/mol. The predicted octanol–water partition coefficient (Wildman–Crippen LogP) is 2.61. The highest BCUT2D eigenvalue weighted by Gasteiger charge is 2.15. The van der Waals surface area contributed by atoms with Crippen molar-refractivity contribution in [3.63, 3.8) is 0 Å². The highest BCUT2D eigenvalue weighted by atomic mass is 16.5. The first-order valence-electron chi connectivity index (χ1n) is 5.80. The van der Waals surface area contributed by atoms with Gasteiger partial charge in [0.05, 0.1) is 12.7 Å². The van der Waals surface area contributed by atoms with Crippen LogP contribution in [0, 0.1) is 0 Å². The normalized spacial score (nSPS) is 9.85. The molecule has 0 saturated heterocycles. The molecule has 0 unspecified atom stereocenters. The first-order valence-corrected chi connectivity index (χ1v) is 5.80. The molecule has 0 saturated carbocycles. The van der Waals surface area contributed by atoms with Gasteiger partial charge in [-0.1, -0.05) is 12.1 Å². The second-order valence-corrected chi connectivity index (χ2v) is 3.92. The van der Waals surface area contributed by atoms with Gasteiger partial charge in [-0.05, 0) is 36.4 Å². The summed E-state index contributed by atoms with van der Waals surface area (Å²) >= 11 is 0. The van der Waals surface area contributed by atoms with E-state index in [0.29, 0.717) is 11.3 Å². The van der Waals surface area contributed by atoms with Crippen molar-refractivity contribution >= 4 is 11.9 Å². The second kappa shape index (κ2) is 5.88. The molecule has 20 heavy (non-hydrogen) atoms. The molecule has 1 N–H and O–H groups in total. The van der Waals surface area contributed by atoms with Gasteiger partial charge in [-0.15, -0.1) is 0 Å². The summed E-state index contributed by atoms with van der Waals surface area (Å²) in [5, 5.41) is 9.01. The maximum Gasteiger partial charge on any atom is 0.343 e. The SMILES string of the molecule is COc1ccc(C(=O)Oc2ccccc2C(=O)O)cc1. The van der Waals surface area contributed by atoms with E-state index in [-0.39, 0.29) is 11.3 Å². The Morgan fingerprint density at radius 2 is 1.65 bits per heavy atom. The lowest BCUT2D eigenvalue weighted by atomic mass is 10.2. The highest BCUT2D eigenvalue weighted by molar-refractivity contribution is 5.95. The molecule has 0 aliphatic rings. The predicted molar refractivity (Wildman–Crippen MR) is 71.4 cm³/mol. The van der Waals surface area contributed by atoms with Crippen LogP contribution in [0.3, 0.4) is 0 Å². The summed E-state index contributed by atoms with van der Waals surface area (Å²) in [6.45, 7) is 0. The van der Waals surface area contributed by atoms with Crippen LogP contribution in [-0.4, -0.2) is 24.2 Å². The fourth-order valence-electron chi connectivity index (χ4n) is 1.62. The van der Waals surface area contributed by atoms with Crippen molar-refractivity contribution in [3.8, 4) is 11.5 Å². The van der Waals surface area contributed by atoms with Gasteiger partial charge in [0.25, 0.3) is 0 Å². The van der Waals surface area contributed by atoms with Crippen LogP contribution in [0.25, 0.3) is 0 Å². The van der Waals surface area contributed by atoms with Gasteiger partial charge in [-0.25, -0.2) is 9.59 Å². The average Bonchev–Trinajstić information content (AvgIpc) is 2.47. The Morgan fingerprint density at radius 3 is 2.25 bits per heavy atom. The van der Waals surface area contributed by atoms with Crippen LogP contribution in [0.4, 0.5) is 0 Å². The van der Waals surface area contributed by atoms with E-state index >= 15 is 0 Å². The third kappa shape index (κ3) is 2.95. The van der Waals surface area contributed by atoms with E-state index in [9.17, 15) is 9.59 Å². The monoisotopic (exact) mass is 272 g/mol. The van der Waals surface area contributed by atoms with Gasteiger partial charge < -0.3 is 14.6 Å². The van der Waals surface area contributed by atoms with E-state index in [4.69, 9.17) is 14.6 Å². The molecule has 5 heteroatoms. The Balaban J connectivity index is 2.21. The molecule has 0 atom stereocenters. The fraction of sp³-hybridized carbons (Fsp3) is 0.0667. The molecule has 0 fully saturated rings. The molecule has 2 rings (SSSR count). The summed E-state index contributed by atoms with van der Waals surface area (Å²) in [4.78, 5) is 22.9. The molecule has 0 aromatic heterocycles. The number of carboxylic acids is 1. The molecule has 0 aliphatic carbocycles. The lowest BCUT2D eigenvalue weighted by Gasteiger charge is -2.07. The number of esters is 1. The number of benzene rings is 2. The van der Waals surface area contributed by atoms with Crippen LogP contribution in [0.5, 0.6) is 11.5 Å². The van der Waals surface area contributed by atoms with Gasteiger partial charge in [0, 0.05) is 0 Å². The molecule has 2 aromatic rings. The van der Waals surface area contributed by atoms with Crippen molar-refractivity contribution in [2.24, 2.45) is 0 Å². The van der Waals surface area contributed by atoms with Crippen LogP contribution < -0.4 is 9.47 Å². The third-order valence-electron chi connectivity index (χ3n) is 2.65. The summed E-state index contributed by atoms with van der Waals surface area (Å²) < 4.78 is 10.1. The molecule has 2 aromatic carbocycles. The molecular formula is C15H12O5. The summed E-state index contributed by atoms with van der Waals surface area (Å²) in [5.74, 6) is -1.14. The summed E-state index contributed by atoms with van der Waals surface area (Å²) in [5.41, 5.74) is 0.250. The standard InChI is InChI=1S/C15H12O5/c1-19-11-8-6-10(7-9-11)15(18)20-13-5-3-2-4-12(13)14(16)17/h2-9H,1H3,(H,16,17). The van der Waals surface area contributed by atoms with Crippen molar-refractivity contribution in [1.29, 1.82) is 0 Å². The number of rotatable bonds is 4. The van der Waals surface area contributed by atoms with Crippen molar-refractivity contribution in [1.82, 2.24) is 0 Å². The number of carbonyl (C=O) groups excluding carboxylic acids is 1. The minimum atomic E-state index is -1.15. The van der Waals surface area contributed by atoms with Gasteiger partial charge in [0.1, 0.15) is 17.1 Å². The first kappa shape index (κ1) is 13.6. The molecular weight excluding hydrogens is 260 g/mol. The topological polar surface area (TPSA) is 72.8 Å². The minimum Gasteiger partial charge on any atom is -0.497 e. The Bertz CT molecular complexity index is 631. The number of para-hydroxylation sites is 1. The van der Waals surface area contributed by atoms with E-state index in [1.54, 1.807) is 36.4 Å². The number of carbonyl (C=O) groups is 2. The van der Waals surface area contributed by atoms with E-state index in [2.05, 4.69) is 0 Å². The molecule has 0 spiro atoms. The van der Waals surface area contributed by atoms with Crippen LogP contribution in [0.1, 0.15) is 20.7 Å². The van der Waals surface area contributed by atoms with Crippen LogP contribution >= 0.6 is 0 Å². The molecule has 0 aliphatic heterocycles. The quantitative estimate of drug-likeness (QED) is 0.684. The zero-order valence-corrected chi connectivity index (χ0v) is 10.7. The van der Waals surface area contributed by atoms with E-state index < -0.39 is 11.9 Å². The number of aromatic carboxylic acids is 1. The second-order valence-electron chi connectivity index (χ2n) is 3.92. The lowest BCUT2D eigenvalue weighted by molar-refractivity contribution is 0.0681. The zero-order valence-electron chi connectivity index (χ0n) is 10.7. The smallest absolute Gasteiger partial charge is 0.343 e. The molecule has 0 heterocycles. The largest absolute Gasteiger partial charge is 0.497 e. The van der Waals surface area contributed by atoms with Crippen molar-refractivity contribution in [2.45, 2.75) is 0 Å². The Morgan fingerprint density at radius 1 is 1.00 bits per heavy atom. The van der Waals surface area contributed by atoms with Gasteiger partial charge in [-0.2, -0.15) is 0 Å². The molecule has 5 nitrogen and oxygen atoms in total. The Hall–Kier alpha value is -2.82. The van der Waals surface area contributed by atoms with Crippen molar-refractivity contribution in [3.05, 3.63) is 59.7 Å². The van der Waals surface area contributed by atoms with Crippen LogP contribution in [0.15, 0.2) is 48.5 Å². The van der Waals surface area contributed by atoms with Crippen molar-refractivity contribution < 1.29 is 24.2 Å². The molecule has 102 valence electrons. The number of methoxy groups -OCH3 is 1. The molecule has 0 amide bonds. The summed E-state index contributed by atoms with van der Waals surface area (Å²) in [7, 11) is 1.52. The highest BCUT2D eigenvalue weighted by Crippen LogP contribution is 2.20. The first-order chi connectivity index (χ1) is 9.61. The number of ether oxygens (including phenoxy) is 2. The molecule has 0 bridgehead atoms. The minimum absolute atomic E-state index is 0.0146. The maximum atomic E-state index is 11.9. The number of carboxylic acid groups (broad SMARTS) is 1. The van der Waals surface area contributed by atoms with Crippen LogP contribution in [-0.2, 0) is 0 Å². The Labute approximate surface area is 115 Å². The Kier molecular flexibility index (Phi) is 4.00. The fourth-order valence-corrected chi connectivity index (χ4v) is 1.62. The summed E-state index contributed by atoms with van der Waals surface area (Å²) in [6, 6.07) is 12.3. The van der Waals surface area contributed by atoms with Gasteiger partial charge >= 0.3 is 11.9 Å². The maximum absolute atomic E-state index is 11.9. The zero-order chi connectivity index (χ0) is 14.5. The third-order valence-corrected chi connectivity index (χ3v) is 2.65. The van der Waals surface area contributed by atoms with E-state index in [1.165, 1.54) is 19.2 Å². The van der Waals surface area contributed by atoms with E-state index in [1.807, 2.05) is 0 Å². The van der Waals surface area contributed by atoms with Crippen LogP contribution in [0.2, 0.25) is 0 Å². The van der Waals surface area contributed by atoms with Gasteiger partial charge in [-0.3, -0.25) is 0 Å². The van der Waals surface area contributed by atoms with E-state index in [0.717, 1.165) is 0 Å². The number of hydrogen-bond acceptors (Lipinski definition) is 4. The van der Waals surface area contributed by atoms with Crippen molar-refractivity contribution in [2.75, 3.05) is 7.11 Å². The van der Waals surface area contributed by atoms with Gasteiger partial charge in [0.2, 0.25) is 0 Å². The summed E-state index contributed by atoms with van der Waals surface area (Å²) in [6.07, 6.45) is 0. The molecule has 0 radical (unpaired) electrons. The lowest BCUT2D eigenvalue weighted by Crippen LogP contribution is -2.11. The van der Waals surface area contributed by atoms with Gasteiger partial charge in [0.15, 0.2) is 0 Å². The number of hydrogen-bond donors (Lipinski definition) is 1.